The maximum absolute atomic E-state index is 11.8. The second-order valence-electron chi connectivity index (χ2n) is 4.64. The number of ether oxygens (including phenoxy) is 1. The van der Waals surface area contributed by atoms with Crippen molar-refractivity contribution in [2.75, 3.05) is 26.8 Å². The topological polar surface area (TPSA) is 99.1 Å². The van der Waals surface area contributed by atoms with Crippen LogP contribution in [0.25, 0.3) is 0 Å². The molecule has 7 nitrogen and oxygen atoms in total. The van der Waals surface area contributed by atoms with Crippen molar-refractivity contribution < 1.29 is 24.5 Å². The first-order valence-corrected chi connectivity index (χ1v) is 5.90. The molecule has 0 aliphatic carbocycles. The van der Waals surface area contributed by atoms with Crippen molar-refractivity contribution >= 4 is 12.0 Å². The van der Waals surface area contributed by atoms with Gasteiger partial charge in [0.2, 0.25) is 0 Å². The summed E-state index contributed by atoms with van der Waals surface area (Å²) in [6.45, 7) is 2.90. The average Bonchev–Trinajstić information content (AvgIpc) is 2.69. The molecular weight excluding hydrogens is 240 g/mol. The van der Waals surface area contributed by atoms with Gasteiger partial charge in [-0.1, -0.05) is 6.92 Å². The second-order valence-corrected chi connectivity index (χ2v) is 4.64. The SMILES string of the molecule is COCC(C)CNC(=O)N1CC(O)C[C@H]1C(=O)O. The fourth-order valence-electron chi connectivity index (χ4n) is 1.98. The van der Waals surface area contributed by atoms with E-state index in [-0.39, 0.29) is 18.9 Å². The third-order valence-corrected chi connectivity index (χ3v) is 2.88. The van der Waals surface area contributed by atoms with Crippen molar-refractivity contribution in [3.8, 4) is 0 Å². The van der Waals surface area contributed by atoms with Gasteiger partial charge >= 0.3 is 12.0 Å². The fraction of sp³-hybridized carbons (Fsp3) is 0.818. The van der Waals surface area contributed by atoms with Gasteiger partial charge in [-0.3, -0.25) is 0 Å². The van der Waals surface area contributed by atoms with Gasteiger partial charge in [0, 0.05) is 26.6 Å². The number of carbonyl (C=O) groups is 2. The molecule has 2 amide bonds. The number of β-amino-alcohol motifs (C(OH)–C–C–N with tert-alkyl or cyclic N) is 1. The zero-order chi connectivity index (χ0) is 13.7. The summed E-state index contributed by atoms with van der Waals surface area (Å²) >= 11 is 0. The van der Waals surface area contributed by atoms with E-state index in [4.69, 9.17) is 9.84 Å². The predicted molar refractivity (Wildman–Crippen MR) is 63.2 cm³/mol. The van der Waals surface area contributed by atoms with E-state index in [1.807, 2.05) is 6.92 Å². The molecule has 1 fully saturated rings. The molecule has 1 aliphatic heterocycles. The zero-order valence-electron chi connectivity index (χ0n) is 10.6. The van der Waals surface area contributed by atoms with Crippen LogP contribution in [0.15, 0.2) is 0 Å². The monoisotopic (exact) mass is 260 g/mol. The molecule has 0 bridgehead atoms. The van der Waals surface area contributed by atoms with E-state index in [0.29, 0.717) is 13.2 Å². The number of carboxylic acids is 1. The Morgan fingerprint density at radius 3 is 2.78 bits per heavy atom. The minimum atomic E-state index is -1.09. The Morgan fingerprint density at radius 2 is 2.22 bits per heavy atom. The van der Waals surface area contributed by atoms with E-state index < -0.39 is 24.1 Å². The summed E-state index contributed by atoms with van der Waals surface area (Å²) in [5.41, 5.74) is 0. The molecule has 0 saturated carbocycles. The van der Waals surface area contributed by atoms with Gasteiger partial charge in [-0.2, -0.15) is 0 Å². The van der Waals surface area contributed by atoms with Gasteiger partial charge in [0.15, 0.2) is 0 Å². The van der Waals surface area contributed by atoms with Crippen LogP contribution < -0.4 is 5.32 Å². The van der Waals surface area contributed by atoms with E-state index in [2.05, 4.69) is 5.32 Å². The smallest absolute Gasteiger partial charge is 0.326 e. The normalized spacial score (nSPS) is 24.9. The van der Waals surface area contributed by atoms with Crippen LogP contribution in [-0.2, 0) is 9.53 Å². The van der Waals surface area contributed by atoms with Gasteiger partial charge in [0.1, 0.15) is 6.04 Å². The number of hydrogen-bond acceptors (Lipinski definition) is 4. The van der Waals surface area contributed by atoms with Crippen LogP contribution in [0, 0.1) is 5.92 Å². The summed E-state index contributed by atoms with van der Waals surface area (Å²) in [5.74, 6) is -0.943. The minimum Gasteiger partial charge on any atom is -0.480 e. The van der Waals surface area contributed by atoms with Crippen LogP contribution >= 0.6 is 0 Å². The number of carbonyl (C=O) groups excluding carboxylic acids is 1. The van der Waals surface area contributed by atoms with Crippen molar-refractivity contribution in [3.63, 3.8) is 0 Å². The lowest BCUT2D eigenvalue weighted by atomic mass is 10.2. The lowest BCUT2D eigenvalue weighted by Crippen LogP contribution is -2.47. The molecule has 0 aromatic carbocycles. The predicted octanol–water partition coefficient (Wildman–Crippen LogP) is -0.502. The summed E-state index contributed by atoms with van der Waals surface area (Å²) in [6.07, 6.45) is -0.690. The maximum Gasteiger partial charge on any atom is 0.326 e. The Hall–Kier alpha value is -1.34. The van der Waals surface area contributed by atoms with Gasteiger partial charge in [-0.15, -0.1) is 0 Å². The molecule has 0 aromatic rings. The van der Waals surface area contributed by atoms with Crippen molar-refractivity contribution in [2.24, 2.45) is 5.92 Å². The summed E-state index contributed by atoms with van der Waals surface area (Å²) in [7, 11) is 1.58. The number of likely N-dealkylation sites (tertiary alicyclic amines) is 1. The number of methoxy groups -OCH3 is 1. The molecule has 3 atom stereocenters. The van der Waals surface area contributed by atoms with Crippen LogP contribution in [0.4, 0.5) is 4.79 Å². The first-order chi connectivity index (χ1) is 8.45. The third kappa shape index (κ3) is 3.85. The van der Waals surface area contributed by atoms with Gasteiger partial charge < -0.3 is 25.2 Å². The molecular formula is C11H20N2O5. The standard InChI is InChI=1S/C11H20N2O5/c1-7(6-18-2)4-12-11(17)13-5-8(14)3-9(13)10(15)16/h7-9,14H,3-6H2,1-2H3,(H,12,17)(H,15,16)/t7?,8?,9-/m0/s1. The highest BCUT2D eigenvalue weighted by Crippen LogP contribution is 2.18. The van der Waals surface area contributed by atoms with Crippen LogP contribution in [0.2, 0.25) is 0 Å². The molecule has 104 valence electrons. The number of amides is 2. The van der Waals surface area contributed by atoms with Crippen molar-refractivity contribution in [2.45, 2.75) is 25.5 Å². The molecule has 3 N–H and O–H groups in total. The molecule has 0 aromatic heterocycles. The molecule has 0 spiro atoms. The number of aliphatic hydroxyl groups excluding tert-OH is 1. The Labute approximate surface area is 106 Å². The average molecular weight is 260 g/mol. The highest BCUT2D eigenvalue weighted by Gasteiger charge is 2.38. The van der Waals surface area contributed by atoms with Gasteiger partial charge in [0.05, 0.1) is 12.7 Å². The molecule has 1 saturated heterocycles. The summed E-state index contributed by atoms with van der Waals surface area (Å²) in [5, 5.41) is 21.0. The number of aliphatic hydroxyl groups is 1. The van der Waals surface area contributed by atoms with Crippen LogP contribution in [0.5, 0.6) is 0 Å². The van der Waals surface area contributed by atoms with Gasteiger partial charge in [-0.05, 0) is 5.92 Å². The molecule has 2 unspecified atom stereocenters. The summed E-state index contributed by atoms with van der Waals surface area (Å²) < 4.78 is 4.94. The number of carboxylic acid groups (broad SMARTS) is 1. The van der Waals surface area contributed by atoms with Gasteiger partial charge in [0.25, 0.3) is 0 Å². The van der Waals surface area contributed by atoms with E-state index in [9.17, 15) is 14.7 Å². The number of hydrogen-bond donors (Lipinski definition) is 3. The van der Waals surface area contributed by atoms with E-state index in [0.717, 1.165) is 4.90 Å². The largest absolute Gasteiger partial charge is 0.480 e. The van der Waals surface area contributed by atoms with Crippen LogP contribution in [-0.4, -0.2) is 66.1 Å². The Balaban J connectivity index is 2.47. The third-order valence-electron chi connectivity index (χ3n) is 2.88. The maximum atomic E-state index is 11.8. The zero-order valence-corrected chi connectivity index (χ0v) is 10.6. The molecule has 1 heterocycles. The molecule has 0 radical (unpaired) electrons. The van der Waals surface area contributed by atoms with Crippen LogP contribution in [0.3, 0.4) is 0 Å². The number of nitrogens with zero attached hydrogens (tertiary/aromatic N) is 1. The van der Waals surface area contributed by atoms with Crippen molar-refractivity contribution in [1.82, 2.24) is 10.2 Å². The summed E-state index contributed by atoms with van der Waals surface area (Å²) in [4.78, 5) is 23.9. The lowest BCUT2D eigenvalue weighted by Gasteiger charge is -2.22. The van der Waals surface area contributed by atoms with Crippen LogP contribution in [0.1, 0.15) is 13.3 Å². The first kappa shape index (κ1) is 14.7. The molecule has 7 heteroatoms. The number of nitrogens with one attached hydrogen (secondary N) is 1. The summed E-state index contributed by atoms with van der Waals surface area (Å²) in [6, 6.07) is -1.40. The molecule has 1 aliphatic rings. The van der Waals surface area contributed by atoms with Gasteiger partial charge in [-0.25, -0.2) is 9.59 Å². The van der Waals surface area contributed by atoms with Crippen molar-refractivity contribution in [3.05, 3.63) is 0 Å². The molecule has 1 rings (SSSR count). The minimum absolute atomic E-state index is 0.0570. The Bertz CT molecular complexity index is 310. The highest BCUT2D eigenvalue weighted by atomic mass is 16.5. The Kier molecular flexibility index (Phi) is 5.36. The lowest BCUT2D eigenvalue weighted by molar-refractivity contribution is -0.141. The van der Waals surface area contributed by atoms with E-state index in [1.165, 1.54) is 0 Å². The number of rotatable bonds is 5. The molecule has 18 heavy (non-hydrogen) atoms. The second kappa shape index (κ2) is 6.55. The first-order valence-electron chi connectivity index (χ1n) is 5.90. The highest BCUT2D eigenvalue weighted by molar-refractivity contribution is 5.83. The van der Waals surface area contributed by atoms with E-state index >= 15 is 0 Å². The Morgan fingerprint density at radius 1 is 1.56 bits per heavy atom. The number of urea groups is 1. The number of aliphatic carboxylic acids is 1. The quantitative estimate of drug-likeness (QED) is 0.619. The van der Waals surface area contributed by atoms with E-state index in [1.54, 1.807) is 7.11 Å². The van der Waals surface area contributed by atoms with Crippen molar-refractivity contribution in [1.29, 1.82) is 0 Å². The fourth-order valence-corrected chi connectivity index (χ4v) is 1.98.